The van der Waals surface area contributed by atoms with Crippen molar-refractivity contribution in [2.45, 2.75) is 45.6 Å². The minimum atomic E-state index is 0.0437. The van der Waals surface area contributed by atoms with E-state index < -0.39 is 0 Å². The zero-order valence-electron chi connectivity index (χ0n) is 13.1. The van der Waals surface area contributed by atoms with E-state index in [1.54, 1.807) is 0 Å². The molecule has 112 valence electrons. The van der Waals surface area contributed by atoms with Gasteiger partial charge < -0.3 is 10.3 Å². The van der Waals surface area contributed by atoms with Gasteiger partial charge in [0.2, 0.25) is 0 Å². The molecule has 0 aliphatic heterocycles. The highest BCUT2D eigenvalue weighted by molar-refractivity contribution is 5.86. The molecule has 0 bridgehead atoms. The standard InChI is InChI=1S/C18H24N2O/c1-4-18(5-2)10-14(19-3)16-12-8-6-7-9-13(12)17(21)20-15(16)11-18/h6-9,14,19H,4-5,10-11H2,1-3H3,(H,20,21). The highest BCUT2D eigenvalue weighted by Crippen LogP contribution is 2.46. The number of nitrogens with one attached hydrogen (secondary N) is 2. The Morgan fingerprint density at radius 2 is 1.90 bits per heavy atom. The molecule has 3 heteroatoms. The van der Waals surface area contributed by atoms with Crippen LogP contribution in [0.1, 0.15) is 50.4 Å². The fraction of sp³-hybridized carbons (Fsp3) is 0.500. The van der Waals surface area contributed by atoms with E-state index in [-0.39, 0.29) is 5.56 Å². The van der Waals surface area contributed by atoms with Crippen molar-refractivity contribution >= 4 is 10.8 Å². The van der Waals surface area contributed by atoms with E-state index >= 15 is 0 Å². The van der Waals surface area contributed by atoms with Gasteiger partial charge in [0.05, 0.1) is 0 Å². The van der Waals surface area contributed by atoms with Crippen LogP contribution in [-0.4, -0.2) is 12.0 Å². The van der Waals surface area contributed by atoms with Crippen LogP contribution in [0.3, 0.4) is 0 Å². The highest BCUT2D eigenvalue weighted by Gasteiger charge is 2.37. The van der Waals surface area contributed by atoms with E-state index in [0.29, 0.717) is 11.5 Å². The first-order chi connectivity index (χ1) is 10.1. The molecule has 2 N–H and O–H groups in total. The second-order valence-electron chi connectivity index (χ2n) is 6.32. The van der Waals surface area contributed by atoms with Crippen molar-refractivity contribution in [3.05, 3.63) is 45.9 Å². The van der Waals surface area contributed by atoms with Crippen molar-refractivity contribution < 1.29 is 0 Å². The first-order valence-electron chi connectivity index (χ1n) is 7.95. The minimum Gasteiger partial charge on any atom is -0.325 e. The molecule has 3 nitrogen and oxygen atoms in total. The van der Waals surface area contributed by atoms with Crippen molar-refractivity contribution in [2.24, 2.45) is 5.41 Å². The Labute approximate surface area is 125 Å². The van der Waals surface area contributed by atoms with Crippen LogP contribution in [0.2, 0.25) is 0 Å². The molecular formula is C18H24N2O. The Morgan fingerprint density at radius 3 is 2.52 bits per heavy atom. The average molecular weight is 284 g/mol. The summed E-state index contributed by atoms with van der Waals surface area (Å²) >= 11 is 0. The lowest BCUT2D eigenvalue weighted by atomic mass is 9.67. The Morgan fingerprint density at radius 1 is 1.24 bits per heavy atom. The fourth-order valence-corrected chi connectivity index (χ4v) is 3.91. The third-order valence-electron chi connectivity index (χ3n) is 5.44. The van der Waals surface area contributed by atoms with Gasteiger partial charge in [-0.3, -0.25) is 4.79 Å². The molecule has 3 rings (SSSR count). The second-order valence-corrected chi connectivity index (χ2v) is 6.32. The summed E-state index contributed by atoms with van der Waals surface area (Å²) < 4.78 is 0. The van der Waals surface area contributed by atoms with Gasteiger partial charge in [0, 0.05) is 17.1 Å². The predicted octanol–water partition coefficient (Wildman–Crippen LogP) is 3.54. The molecule has 1 aromatic heterocycles. The molecular weight excluding hydrogens is 260 g/mol. The first kappa shape index (κ1) is 14.3. The molecule has 1 unspecified atom stereocenters. The number of hydrogen-bond acceptors (Lipinski definition) is 2. The van der Waals surface area contributed by atoms with Crippen LogP contribution in [0.5, 0.6) is 0 Å². The van der Waals surface area contributed by atoms with Crippen molar-refractivity contribution in [1.29, 1.82) is 0 Å². The summed E-state index contributed by atoms with van der Waals surface area (Å²) in [5.74, 6) is 0. The van der Waals surface area contributed by atoms with Crippen molar-refractivity contribution in [3.63, 3.8) is 0 Å². The van der Waals surface area contributed by atoms with E-state index in [0.717, 1.165) is 42.1 Å². The van der Waals surface area contributed by atoms with Crippen molar-refractivity contribution in [1.82, 2.24) is 10.3 Å². The number of rotatable bonds is 3. The molecule has 21 heavy (non-hydrogen) atoms. The molecule has 0 saturated carbocycles. The lowest BCUT2D eigenvalue weighted by molar-refractivity contribution is 0.189. The molecule has 0 amide bonds. The van der Waals surface area contributed by atoms with Gasteiger partial charge in [-0.05, 0) is 42.3 Å². The summed E-state index contributed by atoms with van der Waals surface area (Å²) in [4.78, 5) is 15.5. The van der Waals surface area contributed by atoms with E-state index in [4.69, 9.17) is 0 Å². The van der Waals surface area contributed by atoms with E-state index in [2.05, 4.69) is 30.2 Å². The van der Waals surface area contributed by atoms with Crippen LogP contribution in [0.25, 0.3) is 10.8 Å². The monoisotopic (exact) mass is 284 g/mol. The lowest BCUT2D eigenvalue weighted by Crippen LogP contribution is -2.37. The van der Waals surface area contributed by atoms with Gasteiger partial charge in [0.15, 0.2) is 0 Å². The zero-order chi connectivity index (χ0) is 15.0. The molecule has 1 aromatic carbocycles. The van der Waals surface area contributed by atoms with Crippen LogP contribution in [0.4, 0.5) is 0 Å². The second kappa shape index (κ2) is 5.30. The van der Waals surface area contributed by atoms with Crippen LogP contribution in [-0.2, 0) is 6.42 Å². The van der Waals surface area contributed by atoms with Gasteiger partial charge >= 0.3 is 0 Å². The Bertz CT molecular complexity index is 713. The van der Waals surface area contributed by atoms with E-state index in [1.807, 2.05) is 25.2 Å². The Kier molecular flexibility index (Phi) is 3.62. The third kappa shape index (κ3) is 2.20. The third-order valence-corrected chi connectivity index (χ3v) is 5.44. The van der Waals surface area contributed by atoms with Gasteiger partial charge in [0.1, 0.15) is 0 Å². The summed E-state index contributed by atoms with van der Waals surface area (Å²) in [5, 5.41) is 5.38. The number of H-pyrrole nitrogens is 1. The molecule has 1 atom stereocenters. The molecule has 1 aliphatic rings. The number of aromatic nitrogens is 1. The molecule has 0 radical (unpaired) electrons. The van der Waals surface area contributed by atoms with E-state index in [9.17, 15) is 4.79 Å². The summed E-state index contributed by atoms with van der Waals surface area (Å²) in [6, 6.07) is 8.27. The molecule has 1 heterocycles. The van der Waals surface area contributed by atoms with Gasteiger partial charge in [0.25, 0.3) is 5.56 Å². The average Bonchev–Trinajstić information content (AvgIpc) is 2.53. The lowest BCUT2D eigenvalue weighted by Gasteiger charge is -2.41. The molecule has 0 saturated heterocycles. The SMILES string of the molecule is CCC1(CC)Cc2[nH]c(=O)c3ccccc3c2C(NC)C1. The van der Waals surface area contributed by atoms with Gasteiger partial charge in [-0.1, -0.05) is 44.9 Å². The predicted molar refractivity (Wildman–Crippen MR) is 87.7 cm³/mol. The molecule has 1 aliphatic carbocycles. The summed E-state index contributed by atoms with van der Waals surface area (Å²) in [5.41, 5.74) is 2.77. The topological polar surface area (TPSA) is 44.9 Å². The van der Waals surface area contributed by atoms with Gasteiger partial charge in [-0.2, -0.15) is 0 Å². The quantitative estimate of drug-likeness (QED) is 0.905. The van der Waals surface area contributed by atoms with Crippen LogP contribution >= 0.6 is 0 Å². The normalized spacial score (nSPS) is 20.4. The maximum Gasteiger partial charge on any atom is 0.256 e. The van der Waals surface area contributed by atoms with Crippen molar-refractivity contribution in [3.8, 4) is 0 Å². The van der Waals surface area contributed by atoms with Crippen molar-refractivity contribution in [2.75, 3.05) is 7.05 Å². The number of pyridine rings is 1. The van der Waals surface area contributed by atoms with Gasteiger partial charge in [-0.25, -0.2) is 0 Å². The number of aromatic amines is 1. The molecule has 0 spiro atoms. The van der Waals surface area contributed by atoms with E-state index in [1.165, 1.54) is 5.56 Å². The maximum absolute atomic E-state index is 12.4. The maximum atomic E-state index is 12.4. The first-order valence-corrected chi connectivity index (χ1v) is 7.95. The Balaban J connectivity index is 2.27. The Hall–Kier alpha value is -1.61. The molecule has 2 aromatic rings. The molecule has 0 fully saturated rings. The zero-order valence-corrected chi connectivity index (χ0v) is 13.1. The summed E-state index contributed by atoms with van der Waals surface area (Å²) in [7, 11) is 2.02. The fourth-order valence-electron chi connectivity index (χ4n) is 3.91. The minimum absolute atomic E-state index is 0.0437. The number of benzene rings is 1. The van der Waals surface area contributed by atoms with Crippen LogP contribution < -0.4 is 10.9 Å². The van der Waals surface area contributed by atoms with Gasteiger partial charge in [-0.15, -0.1) is 0 Å². The van der Waals surface area contributed by atoms with Crippen LogP contribution in [0, 0.1) is 5.41 Å². The number of fused-ring (bicyclic) bond motifs is 3. The van der Waals surface area contributed by atoms with Crippen LogP contribution in [0.15, 0.2) is 29.1 Å². The highest BCUT2D eigenvalue weighted by atomic mass is 16.1. The largest absolute Gasteiger partial charge is 0.325 e. The smallest absolute Gasteiger partial charge is 0.256 e. The summed E-state index contributed by atoms with van der Waals surface area (Å²) in [6.45, 7) is 4.53. The summed E-state index contributed by atoms with van der Waals surface area (Å²) in [6.07, 6.45) is 4.42. The number of hydrogen-bond donors (Lipinski definition) is 2.